The molecule has 0 atom stereocenters. The zero-order chi connectivity index (χ0) is 23.9. The molecule has 0 saturated carbocycles. The van der Waals surface area contributed by atoms with Crippen molar-refractivity contribution in [2.75, 3.05) is 11.1 Å². The summed E-state index contributed by atoms with van der Waals surface area (Å²) in [5.74, 6) is 0.0738. The van der Waals surface area contributed by atoms with Crippen LogP contribution in [0.15, 0.2) is 42.1 Å². The second-order valence-corrected chi connectivity index (χ2v) is 9.78. The molecule has 1 aliphatic rings. The van der Waals surface area contributed by atoms with Gasteiger partial charge in [-0.05, 0) is 43.4 Å². The first-order valence-corrected chi connectivity index (χ1v) is 12.8. The highest BCUT2D eigenvalue weighted by atomic mass is 32.2. The lowest BCUT2D eigenvalue weighted by Gasteiger charge is -2.09. The lowest BCUT2D eigenvalue weighted by atomic mass is 10.1. The van der Waals surface area contributed by atoms with Crippen LogP contribution < -0.4 is 10.1 Å². The number of carbonyl (C=O) groups is 1. The number of ether oxygens (including phenoxy) is 1. The summed E-state index contributed by atoms with van der Waals surface area (Å²) in [6.45, 7) is 4.21. The Bertz CT molecular complexity index is 1230. The maximum absolute atomic E-state index is 13.8. The van der Waals surface area contributed by atoms with E-state index in [9.17, 15) is 14.4 Å². The second kappa shape index (κ2) is 11.3. The van der Waals surface area contributed by atoms with Crippen molar-refractivity contribution in [1.82, 2.24) is 14.8 Å². The van der Waals surface area contributed by atoms with Crippen molar-refractivity contribution in [3.05, 3.63) is 64.6 Å². The van der Waals surface area contributed by atoms with Gasteiger partial charge < -0.3 is 10.1 Å². The molecule has 1 aromatic carbocycles. The molecule has 0 unspecified atom stereocenters. The molecule has 7 nitrogen and oxygen atoms in total. The molecule has 2 aromatic heterocycles. The van der Waals surface area contributed by atoms with Crippen molar-refractivity contribution in [1.29, 1.82) is 5.26 Å². The van der Waals surface area contributed by atoms with Gasteiger partial charge in [-0.3, -0.25) is 9.36 Å². The number of para-hydroxylation sites is 1. The monoisotopic (exact) mass is 497 g/mol. The van der Waals surface area contributed by atoms with Crippen LogP contribution in [0.2, 0.25) is 0 Å². The van der Waals surface area contributed by atoms with Crippen molar-refractivity contribution in [3.63, 3.8) is 0 Å². The number of anilines is 1. The van der Waals surface area contributed by atoms with Crippen LogP contribution in [0.3, 0.4) is 0 Å². The predicted molar refractivity (Wildman–Crippen MR) is 131 cm³/mol. The van der Waals surface area contributed by atoms with Crippen LogP contribution in [0.25, 0.3) is 0 Å². The molecule has 1 N–H and O–H groups in total. The van der Waals surface area contributed by atoms with Gasteiger partial charge in [0, 0.05) is 11.4 Å². The van der Waals surface area contributed by atoms with E-state index in [0.29, 0.717) is 28.1 Å². The first-order chi connectivity index (χ1) is 16.6. The number of carbonyl (C=O) groups excluding carboxylic acids is 1. The number of fused-ring (bicyclic) bond motifs is 1. The molecule has 0 bridgehead atoms. The molecule has 10 heteroatoms. The maximum Gasteiger partial charge on any atom is 0.235 e. The third kappa shape index (κ3) is 5.48. The summed E-state index contributed by atoms with van der Waals surface area (Å²) in [6.07, 6.45) is 6.90. The van der Waals surface area contributed by atoms with E-state index < -0.39 is 5.82 Å². The van der Waals surface area contributed by atoms with Gasteiger partial charge in [0.25, 0.3) is 0 Å². The molecule has 0 spiro atoms. The zero-order valence-electron chi connectivity index (χ0n) is 18.6. The molecule has 3 aromatic rings. The molecule has 0 aliphatic heterocycles. The van der Waals surface area contributed by atoms with Gasteiger partial charge in [-0.2, -0.15) is 5.26 Å². The number of hydrogen-bond donors (Lipinski definition) is 1. The summed E-state index contributed by atoms with van der Waals surface area (Å²) in [7, 11) is 0. The average molecular weight is 498 g/mol. The highest BCUT2D eigenvalue weighted by Crippen LogP contribution is 2.37. The van der Waals surface area contributed by atoms with Gasteiger partial charge in [-0.25, -0.2) is 4.39 Å². The van der Waals surface area contributed by atoms with Gasteiger partial charge in [-0.15, -0.1) is 28.1 Å². The third-order valence-corrected chi connectivity index (χ3v) is 7.59. The lowest BCUT2D eigenvalue weighted by molar-refractivity contribution is -0.113. The summed E-state index contributed by atoms with van der Waals surface area (Å²) in [5.41, 5.74) is 1.70. The highest BCUT2D eigenvalue weighted by molar-refractivity contribution is 7.99. The summed E-state index contributed by atoms with van der Waals surface area (Å²) in [4.78, 5) is 13.9. The number of thiophene rings is 1. The second-order valence-electron chi connectivity index (χ2n) is 7.73. The zero-order valence-corrected chi connectivity index (χ0v) is 20.2. The minimum atomic E-state index is -0.453. The standard InChI is InChI=1S/C24H24FN5O2S2/c1-2-12-30-21(14-32-19-10-7-6-9-18(19)25)28-29-24(30)33-15-22(31)27-23-17(13-26)16-8-4-3-5-11-20(16)34-23/h2,6-7,9-10H,1,3-5,8,11-12,14-15H2,(H,27,31). The summed E-state index contributed by atoms with van der Waals surface area (Å²) in [5, 5.41) is 22.1. The van der Waals surface area contributed by atoms with Gasteiger partial charge in [0.15, 0.2) is 22.5 Å². The number of amides is 1. The summed E-state index contributed by atoms with van der Waals surface area (Å²) < 4.78 is 21.2. The molecule has 2 heterocycles. The SMILES string of the molecule is C=CCn1c(COc2ccccc2F)nnc1SCC(=O)Nc1sc2c(c1C#N)CCCCC2. The fourth-order valence-electron chi connectivity index (χ4n) is 3.79. The van der Waals surface area contributed by atoms with Crippen molar-refractivity contribution in [3.8, 4) is 11.8 Å². The molecule has 0 fully saturated rings. The smallest absolute Gasteiger partial charge is 0.235 e. The molecule has 0 radical (unpaired) electrons. The largest absolute Gasteiger partial charge is 0.483 e. The molecule has 0 saturated heterocycles. The van der Waals surface area contributed by atoms with Crippen molar-refractivity contribution >= 4 is 34.0 Å². The molecule has 1 amide bonds. The Hall–Kier alpha value is -3.16. The van der Waals surface area contributed by atoms with Crippen LogP contribution in [0, 0.1) is 17.1 Å². The Balaban J connectivity index is 1.40. The third-order valence-electron chi connectivity index (χ3n) is 5.42. The van der Waals surface area contributed by atoms with Gasteiger partial charge in [0.05, 0.1) is 11.3 Å². The minimum Gasteiger partial charge on any atom is -0.483 e. The number of benzene rings is 1. The van der Waals surface area contributed by atoms with Crippen molar-refractivity contribution in [2.24, 2.45) is 0 Å². The van der Waals surface area contributed by atoms with Gasteiger partial charge >= 0.3 is 0 Å². The number of aromatic nitrogens is 3. The summed E-state index contributed by atoms with van der Waals surface area (Å²) >= 11 is 2.75. The van der Waals surface area contributed by atoms with E-state index >= 15 is 0 Å². The van der Waals surface area contributed by atoms with E-state index in [1.54, 1.807) is 28.8 Å². The van der Waals surface area contributed by atoms with Crippen LogP contribution in [0.4, 0.5) is 9.39 Å². The number of thioether (sulfide) groups is 1. The molecular formula is C24H24FN5O2S2. The summed E-state index contributed by atoms with van der Waals surface area (Å²) in [6, 6.07) is 8.44. The van der Waals surface area contributed by atoms with Crippen molar-refractivity contribution in [2.45, 2.75) is 50.4 Å². The number of rotatable bonds is 9. The van der Waals surface area contributed by atoms with Crippen LogP contribution >= 0.6 is 23.1 Å². The van der Waals surface area contributed by atoms with Gasteiger partial charge in [0.2, 0.25) is 5.91 Å². The fraction of sp³-hybridized carbons (Fsp3) is 0.333. The Morgan fingerprint density at radius 2 is 2.15 bits per heavy atom. The van der Waals surface area contributed by atoms with Gasteiger partial charge in [0.1, 0.15) is 17.7 Å². The van der Waals surface area contributed by atoms with E-state index in [1.807, 2.05) is 0 Å². The Labute approximate surface area is 205 Å². The van der Waals surface area contributed by atoms with Gasteiger partial charge in [-0.1, -0.05) is 36.4 Å². The van der Waals surface area contributed by atoms with E-state index in [1.165, 1.54) is 40.5 Å². The van der Waals surface area contributed by atoms with Crippen molar-refractivity contribution < 1.29 is 13.9 Å². The van der Waals surface area contributed by atoms with Crippen LogP contribution in [-0.2, 0) is 30.8 Å². The number of nitrogens with zero attached hydrogens (tertiary/aromatic N) is 4. The topological polar surface area (TPSA) is 92.8 Å². The molecular weight excluding hydrogens is 473 g/mol. The number of hydrogen-bond acceptors (Lipinski definition) is 7. The number of aryl methyl sites for hydroxylation is 1. The quantitative estimate of drug-likeness (QED) is 0.251. The maximum atomic E-state index is 13.8. The molecule has 176 valence electrons. The number of nitrogens with one attached hydrogen (secondary N) is 1. The number of nitriles is 1. The molecule has 1 aliphatic carbocycles. The number of allylic oxidation sites excluding steroid dienone is 1. The Kier molecular flexibility index (Phi) is 7.98. The van der Waals surface area contributed by atoms with E-state index in [-0.39, 0.29) is 24.0 Å². The van der Waals surface area contributed by atoms with Crippen LogP contribution in [-0.4, -0.2) is 26.4 Å². The fourth-order valence-corrected chi connectivity index (χ4v) is 5.81. The first kappa shape index (κ1) is 24.0. The van der Waals surface area contributed by atoms with E-state index in [0.717, 1.165) is 31.2 Å². The normalized spacial score (nSPS) is 12.9. The van der Waals surface area contributed by atoms with E-state index in [2.05, 4.69) is 28.2 Å². The van der Waals surface area contributed by atoms with Crippen LogP contribution in [0.1, 0.15) is 41.1 Å². The lowest BCUT2D eigenvalue weighted by Crippen LogP contribution is -2.15. The predicted octanol–water partition coefficient (Wildman–Crippen LogP) is 5.12. The number of halogens is 1. The Morgan fingerprint density at radius 3 is 2.94 bits per heavy atom. The Morgan fingerprint density at radius 1 is 1.32 bits per heavy atom. The first-order valence-electron chi connectivity index (χ1n) is 11.0. The minimum absolute atomic E-state index is 0.0286. The molecule has 4 rings (SSSR count). The average Bonchev–Trinajstić information content (AvgIpc) is 3.28. The van der Waals surface area contributed by atoms with E-state index in [4.69, 9.17) is 4.74 Å². The molecule has 34 heavy (non-hydrogen) atoms. The van der Waals surface area contributed by atoms with Crippen LogP contribution in [0.5, 0.6) is 5.75 Å². The highest BCUT2D eigenvalue weighted by Gasteiger charge is 2.21.